The van der Waals surface area contributed by atoms with Gasteiger partial charge in [-0.25, -0.2) is 9.79 Å². The van der Waals surface area contributed by atoms with Crippen LogP contribution in [0.4, 0.5) is 0 Å². The van der Waals surface area contributed by atoms with Gasteiger partial charge >= 0.3 is 5.97 Å². The third-order valence-electron chi connectivity index (χ3n) is 0.596. The molecule has 0 aliphatic heterocycles. The molecule has 56 valence electrons. The molecule has 0 aromatic heterocycles. The zero-order valence-corrected chi connectivity index (χ0v) is 5.40. The van der Waals surface area contributed by atoms with E-state index in [1.54, 1.807) is 0 Å². The van der Waals surface area contributed by atoms with Gasteiger partial charge < -0.3 is 16.7 Å². The Morgan fingerprint density at radius 1 is 1.60 bits per heavy atom. The molecule has 0 unspecified atom stereocenters. The number of carbonyl (C=O) groups is 1. The molecule has 0 spiro atoms. The summed E-state index contributed by atoms with van der Waals surface area (Å²) in [6.45, 7) is 1.44. The molecule has 0 heterocycles. The lowest BCUT2D eigenvalue weighted by atomic mass is 10.6. The lowest BCUT2D eigenvalue weighted by Crippen LogP contribution is -2.17. The summed E-state index contributed by atoms with van der Waals surface area (Å²) in [5, 5.41) is 11.1. The molecule has 0 saturated carbocycles. The van der Waals surface area contributed by atoms with E-state index in [9.17, 15) is 4.79 Å². The van der Waals surface area contributed by atoms with E-state index in [1.807, 2.05) is 0 Å². The number of carboxylic acids is 1. The first kappa shape index (κ1) is 8.41. The first-order valence-electron chi connectivity index (χ1n) is 2.40. The highest BCUT2D eigenvalue weighted by Gasteiger charge is 2.05. The normalized spacial score (nSPS) is 13.3. The largest absolute Gasteiger partial charge is 0.475 e. The van der Waals surface area contributed by atoms with Crippen LogP contribution in [0.3, 0.4) is 0 Å². The average molecular weight is 144 g/mol. The highest BCUT2D eigenvalue weighted by molar-refractivity contribution is 6.36. The first-order valence-corrected chi connectivity index (χ1v) is 2.40. The summed E-state index contributed by atoms with van der Waals surface area (Å²) in [4.78, 5) is 13.4. The molecule has 0 aliphatic rings. The summed E-state index contributed by atoms with van der Waals surface area (Å²) >= 11 is 0. The molecule has 0 amide bonds. The molecule has 0 rings (SSSR count). The van der Waals surface area contributed by atoms with Crippen molar-refractivity contribution in [3.8, 4) is 0 Å². The van der Waals surface area contributed by atoms with Crippen molar-refractivity contribution < 1.29 is 9.90 Å². The number of nitrogens with two attached hydrogens (primary N) is 2. The minimum Gasteiger partial charge on any atom is -0.475 e. The SMILES string of the molecule is CC(N)=N/C(=N\N)C(=O)O. The van der Waals surface area contributed by atoms with E-state index >= 15 is 0 Å². The Balaban J connectivity index is 4.42. The van der Waals surface area contributed by atoms with Crippen molar-refractivity contribution in [2.45, 2.75) is 6.92 Å². The van der Waals surface area contributed by atoms with Crippen LogP contribution in [0.1, 0.15) is 6.92 Å². The zero-order chi connectivity index (χ0) is 8.15. The van der Waals surface area contributed by atoms with Gasteiger partial charge in [-0.2, -0.15) is 5.10 Å². The van der Waals surface area contributed by atoms with Crippen molar-refractivity contribution in [3.63, 3.8) is 0 Å². The molecule has 10 heavy (non-hydrogen) atoms. The van der Waals surface area contributed by atoms with Gasteiger partial charge in [0.05, 0.1) is 5.84 Å². The molecular weight excluding hydrogens is 136 g/mol. The third kappa shape index (κ3) is 2.65. The van der Waals surface area contributed by atoms with Crippen molar-refractivity contribution in [1.82, 2.24) is 0 Å². The Morgan fingerprint density at radius 2 is 2.10 bits per heavy atom. The van der Waals surface area contributed by atoms with Crippen LogP contribution in [0.15, 0.2) is 10.1 Å². The third-order valence-corrected chi connectivity index (χ3v) is 0.596. The lowest BCUT2D eigenvalue weighted by Gasteiger charge is -1.90. The summed E-state index contributed by atoms with van der Waals surface area (Å²) < 4.78 is 0. The Morgan fingerprint density at radius 3 is 2.20 bits per heavy atom. The Kier molecular flexibility index (Phi) is 2.89. The van der Waals surface area contributed by atoms with Crippen LogP contribution in [0.2, 0.25) is 0 Å². The number of nitrogens with zero attached hydrogens (tertiary/aromatic N) is 2. The van der Waals surface area contributed by atoms with Crippen molar-refractivity contribution in [1.29, 1.82) is 0 Å². The fraction of sp³-hybridized carbons (Fsp3) is 0.250. The van der Waals surface area contributed by atoms with Gasteiger partial charge in [0, 0.05) is 0 Å². The van der Waals surface area contributed by atoms with Gasteiger partial charge in [0.15, 0.2) is 0 Å². The highest BCUT2D eigenvalue weighted by Crippen LogP contribution is 1.78. The average Bonchev–Trinajstić information content (AvgIpc) is 1.81. The minimum absolute atomic E-state index is 0.103. The lowest BCUT2D eigenvalue weighted by molar-refractivity contribution is -0.129. The van der Waals surface area contributed by atoms with E-state index in [4.69, 9.17) is 10.8 Å². The molecule has 0 aliphatic carbocycles. The number of carboxylic acid groups (broad SMARTS) is 1. The Hall–Kier alpha value is -1.59. The van der Waals surface area contributed by atoms with Crippen LogP contribution in [0.25, 0.3) is 0 Å². The number of amidine groups is 2. The van der Waals surface area contributed by atoms with Crippen molar-refractivity contribution in [2.75, 3.05) is 0 Å². The maximum absolute atomic E-state index is 10.1. The van der Waals surface area contributed by atoms with E-state index in [1.165, 1.54) is 6.92 Å². The molecule has 6 heteroatoms. The second-order valence-corrected chi connectivity index (χ2v) is 1.51. The predicted octanol–water partition coefficient (Wildman–Crippen LogP) is -1.28. The maximum Gasteiger partial charge on any atom is 0.375 e. The van der Waals surface area contributed by atoms with E-state index in [-0.39, 0.29) is 5.84 Å². The monoisotopic (exact) mass is 144 g/mol. The van der Waals surface area contributed by atoms with E-state index in [2.05, 4.69) is 15.9 Å². The number of aliphatic carboxylic acids is 1. The van der Waals surface area contributed by atoms with Crippen molar-refractivity contribution >= 4 is 17.6 Å². The van der Waals surface area contributed by atoms with Gasteiger partial charge in [0.2, 0.25) is 0 Å². The predicted molar refractivity (Wildman–Crippen MR) is 36.6 cm³/mol. The zero-order valence-electron chi connectivity index (χ0n) is 5.40. The van der Waals surface area contributed by atoms with Crippen LogP contribution in [-0.2, 0) is 4.79 Å². The van der Waals surface area contributed by atoms with Gasteiger partial charge in [0.25, 0.3) is 5.84 Å². The molecule has 0 fully saturated rings. The van der Waals surface area contributed by atoms with Crippen LogP contribution in [0, 0.1) is 0 Å². The molecule has 6 nitrogen and oxygen atoms in total. The molecule has 0 saturated heterocycles. The second kappa shape index (κ2) is 3.44. The van der Waals surface area contributed by atoms with E-state index in [0.29, 0.717) is 0 Å². The quantitative estimate of drug-likeness (QED) is 0.170. The molecule has 0 atom stereocenters. The highest BCUT2D eigenvalue weighted by atomic mass is 16.4. The van der Waals surface area contributed by atoms with Crippen molar-refractivity contribution in [3.05, 3.63) is 0 Å². The number of hydrazone groups is 1. The summed E-state index contributed by atoms with van der Waals surface area (Å²) in [6, 6.07) is 0. The fourth-order valence-electron chi connectivity index (χ4n) is 0.299. The number of aliphatic imine (C=N–C) groups is 1. The van der Waals surface area contributed by atoms with Gasteiger partial charge in [-0.3, -0.25) is 0 Å². The topological polar surface area (TPSA) is 114 Å². The molecule has 0 aromatic carbocycles. The summed E-state index contributed by atoms with van der Waals surface area (Å²) in [5.41, 5.74) is 5.06. The Bertz CT molecular complexity index is 191. The van der Waals surface area contributed by atoms with E-state index in [0.717, 1.165) is 0 Å². The standard InChI is InChI=1S/C4H8N4O2/c1-2(5)7-3(8-6)4(9)10/h6H2,1H3,(H,9,10)(H2,5,7,8). The number of hydrogen-bond donors (Lipinski definition) is 3. The minimum atomic E-state index is -1.30. The Labute approximate surface area is 57.2 Å². The van der Waals surface area contributed by atoms with Crippen molar-refractivity contribution in [2.24, 2.45) is 21.7 Å². The maximum atomic E-state index is 10.1. The smallest absolute Gasteiger partial charge is 0.375 e. The molecule has 0 radical (unpaired) electrons. The second-order valence-electron chi connectivity index (χ2n) is 1.51. The van der Waals surface area contributed by atoms with Gasteiger partial charge in [0.1, 0.15) is 0 Å². The van der Waals surface area contributed by atoms with Crippen LogP contribution in [-0.4, -0.2) is 22.7 Å². The molecule has 5 N–H and O–H groups in total. The fourth-order valence-corrected chi connectivity index (χ4v) is 0.299. The number of rotatable bonds is 0. The summed E-state index contributed by atoms with van der Waals surface area (Å²) in [5.74, 6) is 2.97. The molecule has 0 aromatic rings. The van der Waals surface area contributed by atoms with Crippen LogP contribution >= 0.6 is 0 Å². The van der Waals surface area contributed by atoms with Crippen LogP contribution < -0.4 is 11.6 Å². The summed E-state index contributed by atoms with van der Waals surface area (Å²) in [6.07, 6.45) is 0. The van der Waals surface area contributed by atoms with Gasteiger partial charge in [-0.1, -0.05) is 0 Å². The number of hydrogen-bond acceptors (Lipinski definition) is 3. The first-order chi connectivity index (χ1) is 4.57. The van der Waals surface area contributed by atoms with Gasteiger partial charge in [-0.05, 0) is 6.92 Å². The van der Waals surface area contributed by atoms with E-state index < -0.39 is 11.8 Å². The van der Waals surface area contributed by atoms with Crippen LogP contribution in [0.5, 0.6) is 0 Å². The molecular formula is C4H8N4O2. The molecule has 0 bridgehead atoms. The van der Waals surface area contributed by atoms with Gasteiger partial charge in [-0.15, -0.1) is 0 Å². The summed E-state index contributed by atoms with van der Waals surface area (Å²) in [7, 11) is 0.